The van der Waals surface area contributed by atoms with Crippen molar-refractivity contribution < 1.29 is 9.18 Å². The van der Waals surface area contributed by atoms with Crippen LogP contribution in [0.15, 0.2) is 59.6 Å². The minimum atomic E-state index is -0.291. The van der Waals surface area contributed by atoms with Crippen LogP contribution in [0.4, 0.5) is 4.39 Å². The Morgan fingerprint density at radius 3 is 2.79 bits per heavy atom. The van der Waals surface area contributed by atoms with E-state index in [1.54, 1.807) is 28.7 Å². The highest BCUT2D eigenvalue weighted by molar-refractivity contribution is 7.98. The molecular formula is C23H24FN3OS. The van der Waals surface area contributed by atoms with Gasteiger partial charge in [0.05, 0.1) is 29.2 Å². The Morgan fingerprint density at radius 1 is 1.24 bits per heavy atom. The Kier molecular flexibility index (Phi) is 5.21. The third-order valence-electron chi connectivity index (χ3n) is 5.39. The number of hydrogen-bond donors (Lipinski definition) is 1. The second-order valence-electron chi connectivity index (χ2n) is 8.21. The molecule has 1 N–H and O–H groups in total. The predicted molar refractivity (Wildman–Crippen MR) is 114 cm³/mol. The molecule has 0 unspecified atom stereocenters. The number of benzene rings is 2. The van der Waals surface area contributed by atoms with E-state index in [1.807, 2.05) is 36.6 Å². The molecule has 4 nitrogen and oxygen atoms in total. The second kappa shape index (κ2) is 7.67. The fourth-order valence-electron chi connectivity index (χ4n) is 4.07. The zero-order valence-corrected chi connectivity index (χ0v) is 17.6. The van der Waals surface area contributed by atoms with Crippen LogP contribution >= 0.6 is 11.8 Å². The summed E-state index contributed by atoms with van der Waals surface area (Å²) in [6, 6.07) is 13.9. The number of nitrogens with zero attached hydrogens (tertiary/aromatic N) is 2. The van der Waals surface area contributed by atoms with Gasteiger partial charge < -0.3 is 5.32 Å². The first-order valence-electron chi connectivity index (χ1n) is 9.64. The molecule has 1 atom stereocenters. The smallest absolute Gasteiger partial charge is 0.252 e. The monoisotopic (exact) mass is 409 g/mol. The van der Waals surface area contributed by atoms with Crippen LogP contribution in [0.5, 0.6) is 0 Å². The lowest BCUT2D eigenvalue weighted by Gasteiger charge is -2.36. The first-order chi connectivity index (χ1) is 13.9. The number of amides is 1. The fourth-order valence-corrected chi connectivity index (χ4v) is 4.67. The molecule has 0 bridgehead atoms. The summed E-state index contributed by atoms with van der Waals surface area (Å²) in [4.78, 5) is 14.0. The molecule has 150 valence electrons. The molecule has 1 heterocycles. The number of rotatable bonds is 4. The van der Waals surface area contributed by atoms with Gasteiger partial charge in [-0.25, -0.2) is 9.07 Å². The van der Waals surface area contributed by atoms with Crippen LogP contribution in [-0.4, -0.2) is 21.9 Å². The number of carbonyl (C=O) groups excluding carboxylic acids is 1. The quantitative estimate of drug-likeness (QED) is 0.604. The summed E-state index contributed by atoms with van der Waals surface area (Å²) in [5, 5.41) is 7.75. The topological polar surface area (TPSA) is 46.9 Å². The molecule has 1 aromatic heterocycles. The average Bonchev–Trinajstić information content (AvgIpc) is 3.10. The Morgan fingerprint density at radius 2 is 2.03 bits per heavy atom. The minimum Gasteiger partial charge on any atom is -0.345 e. The highest BCUT2D eigenvalue weighted by Crippen LogP contribution is 2.41. The molecule has 29 heavy (non-hydrogen) atoms. The van der Waals surface area contributed by atoms with E-state index in [0.29, 0.717) is 11.3 Å². The number of thioether (sulfide) groups is 1. The van der Waals surface area contributed by atoms with Crippen molar-refractivity contribution in [3.05, 3.63) is 77.4 Å². The van der Waals surface area contributed by atoms with Gasteiger partial charge >= 0.3 is 0 Å². The van der Waals surface area contributed by atoms with E-state index in [0.717, 1.165) is 29.0 Å². The van der Waals surface area contributed by atoms with Gasteiger partial charge in [-0.3, -0.25) is 4.79 Å². The zero-order valence-electron chi connectivity index (χ0n) is 16.8. The summed E-state index contributed by atoms with van der Waals surface area (Å²) in [5.74, 6) is -0.373. The van der Waals surface area contributed by atoms with Crippen LogP contribution in [0.3, 0.4) is 0 Å². The number of nitrogens with one attached hydrogen (secondary N) is 1. The van der Waals surface area contributed by atoms with Crippen molar-refractivity contribution in [3.63, 3.8) is 0 Å². The highest BCUT2D eigenvalue weighted by Gasteiger charge is 2.36. The lowest BCUT2D eigenvalue weighted by Crippen LogP contribution is -2.37. The molecule has 6 heteroatoms. The normalized spacial score (nSPS) is 17.6. The van der Waals surface area contributed by atoms with Crippen molar-refractivity contribution >= 4 is 17.7 Å². The average molecular weight is 410 g/mol. The van der Waals surface area contributed by atoms with E-state index in [-0.39, 0.29) is 23.2 Å². The van der Waals surface area contributed by atoms with Gasteiger partial charge in [-0.2, -0.15) is 5.10 Å². The van der Waals surface area contributed by atoms with Crippen LogP contribution in [0.25, 0.3) is 5.69 Å². The summed E-state index contributed by atoms with van der Waals surface area (Å²) >= 11 is 1.56. The fraction of sp³-hybridized carbons (Fsp3) is 0.304. The number of carbonyl (C=O) groups is 1. The van der Waals surface area contributed by atoms with Crippen molar-refractivity contribution in [2.75, 3.05) is 6.26 Å². The Labute approximate surface area is 174 Å². The van der Waals surface area contributed by atoms with Crippen molar-refractivity contribution in [3.8, 4) is 5.69 Å². The van der Waals surface area contributed by atoms with Gasteiger partial charge in [-0.05, 0) is 54.8 Å². The minimum absolute atomic E-state index is 0.0188. The Bertz CT molecular complexity index is 1060. The second-order valence-corrected chi connectivity index (χ2v) is 9.06. The molecule has 0 aliphatic heterocycles. The van der Waals surface area contributed by atoms with E-state index in [1.165, 1.54) is 12.1 Å². The number of halogens is 1. The van der Waals surface area contributed by atoms with Crippen molar-refractivity contribution in [2.24, 2.45) is 5.41 Å². The molecule has 0 fully saturated rings. The van der Waals surface area contributed by atoms with Crippen LogP contribution < -0.4 is 5.32 Å². The maximum atomic E-state index is 13.8. The maximum Gasteiger partial charge on any atom is 0.252 e. The Balaban J connectivity index is 1.69. The van der Waals surface area contributed by atoms with Crippen LogP contribution in [0.1, 0.15) is 47.9 Å². The molecule has 1 amide bonds. The maximum absolute atomic E-state index is 13.8. The van der Waals surface area contributed by atoms with Crippen LogP contribution in [0, 0.1) is 11.2 Å². The Hall–Kier alpha value is -2.60. The molecule has 4 rings (SSSR count). The first-order valence-corrected chi connectivity index (χ1v) is 10.9. The predicted octanol–water partition coefficient (Wildman–Crippen LogP) is 5.18. The molecule has 0 saturated carbocycles. The van der Waals surface area contributed by atoms with Crippen LogP contribution in [0.2, 0.25) is 0 Å². The molecule has 2 aromatic carbocycles. The van der Waals surface area contributed by atoms with Crippen LogP contribution in [-0.2, 0) is 6.42 Å². The summed E-state index contributed by atoms with van der Waals surface area (Å²) in [6.07, 6.45) is 5.41. The van der Waals surface area contributed by atoms with Gasteiger partial charge in [0, 0.05) is 10.5 Å². The van der Waals surface area contributed by atoms with Crippen molar-refractivity contribution in [2.45, 2.75) is 37.6 Å². The zero-order chi connectivity index (χ0) is 20.6. The molecule has 0 spiro atoms. The molecule has 1 aliphatic carbocycles. The molecule has 0 radical (unpaired) electrons. The third kappa shape index (κ3) is 3.94. The summed E-state index contributed by atoms with van der Waals surface area (Å²) in [7, 11) is 0. The van der Waals surface area contributed by atoms with Gasteiger partial charge in [-0.15, -0.1) is 11.8 Å². The molecule has 3 aromatic rings. The SMILES string of the molecule is CSc1ccccc1C(=O)N[C@H]1CC(C)(C)Cc2c1cnn2-c1cccc(F)c1. The standard InChI is InChI=1S/C23H24FN3OS/c1-23(2)12-19(26-22(28)17-9-4-5-10-21(17)29-3)18-14-25-27(20(18)13-23)16-8-6-7-15(24)11-16/h4-11,14,19H,12-13H2,1-3H3,(H,26,28)/t19-/m0/s1. The summed E-state index contributed by atoms with van der Waals surface area (Å²) < 4.78 is 15.6. The number of fused-ring (bicyclic) bond motifs is 1. The van der Waals surface area contributed by atoms with Gasteiger partial charge in [0.1, 0.15) is 5.82 Å². The number of hydrogen-bond acceptors (Lipinski definition) is 3. The van der Waals surface area contributed by atoms with Gasteiger partial charge in [0.15, 0.2) is 0 Å². The lowest BCUT2D eigenvalue weighted by atomic mass is 9.74. The lowest BCUT2D eigenvalue weighted by molar-refractivity contribution is 0.0916. The summed E-state index contributed by atoms with van der Waals surface area (Å²) in [5.41, 5.74) is 3.39. The van der Waals surface area contributed by atoms with E-state index in [9.17, 15) is 9.18 Å². The highest BCUT2D eigenvalue weighted by atomic mass is 32.2. The summed E-state index contributed by atoms with van der Waals surface area (Å²) in [6.45, 7) is 4.38. The van der Waals surface area contributed by atoms with Gasteiger partial charge in [-0.1, -0.05) is 32.0 Å². The van der Waals surface area contributed by atoms with Crippen molar-refractivity contribution in [1.29, 1.82) is 0 Å². The molecular weight excluding hydrogens is 385 g/mol. The molecule has 1 aliphatic rings. The molecule has 0 saturated heterocycles. The largest absolute Gasteiger partial charge is 0.345 e. The number of aromatic nitrogens is 2. The third-order valence-corrected chi connectivity index (χ3v) is 6.18. The van der Waals surface area contributed by atoms with E-state index in [2.05, 4.69) is 24.3 Å². The van der Waals surface area contributed by atoms with E-state index in [4.69, 9.17) is 0 Å². The van der Waals surface area contributed by atoms with Crippen molar-refractivity contribution in [1.82, 2.24) is 15.1 Å². The van der Waals surface area contributed by atoms with Gasteiger partial charge in [0.25, 0.3) is 5.91 Å². The van der Waals surface area contributed by atoms with E-state index >= 15 is 0 Å². The van der Waals surface area contributed by atoms with E-state index < -0.39 is 0 Å². The van der Waals surface area contributed by atoms with Gasteiger partial charge in [0.2, 0.25) is 0 Å². The first kappa shape index (κ1) is 19.7.